The second-order valence-electron chi connectivity index (χ2n) is 6.52. The van der Waals surface area contributed by atoms with Gasteiger partial charge in [0.15, 0.2) is 0 Å². The van der Waals surface area contributed by atoms with Gasteiger partial charge in [-0.2, -0.15) is 0 Å². The van der Waals surface area contributed by atoms with Crippen molar-refractivity contribution >= 4 is 39.7 Å². The zero-order valence-corrected chi connectivity index (χ0v) is 17.0. The second kappa shape index (κ2) is 7.83. The molecule has 8 heteroatoms. The van der Waals surface area contributed by atoms with Crippen LogP contribution in [-0.2, 0) is 19.6 Å². The van der Waals surface area contributed by atoms with Crippen molar-refractivity contribution in [1.29, 1.82) is 0 Å². The van der Waals surface area contributed by atoms with Gasteiger partial charge in [0, 0.05) is 30.4 Å². The maximum Gasteiger partial charge on any atom is 0.147 e. The van der Waals surface area contributed by atoms with Crippen LogP contribution >= 0.6 is 39.7 Å². The summed E-state index contributed by atoms with van der Waals surface area (Å²) >= 11 is 5.50. The summed E-state index contributed by atoms with van der Waals surface area (Å²) in [4.78, 5) is 4.03. The molecule has 2 aromatic rings. The quantitative estimate of drug-likeness (QED) is 0.808. The summed E-state index contributed by atoms with van der Waals surface area (Å²) in [5, 5.41) is 12.2. The van der Waals surface area contributed by atoms with Crippen LogP contribution in [0.25, 0.3) is 0 Å². The molecule has 0 aromatic carbocycles. The van der Waals surface area contributed by atoms with Crippen molar-refractivity contribution < 1.29 is 0 Å². The summed E-state index contributed by atoms with van der Waals surface area (Å²) in [6, 6.07) is 2.31. The smallest absolute Gasteiger partial charge is 0.147 e. The Bertz CT molecular complexity index is 673. The summed E-state index contributed by atoms with van der Waals surface area (Å²) in [7, 11) is 0. The number of thiophene rings is 1. The van der Waals surface area contributed by atoms with Crippen molar-refractivity contribution in [1.82, 2.24) is 25.0 Å². The number of nitrogens with zero attached hydrogens (tertiary/aromatic N) is 4. The third-order valence-corrected chi connectivity index (χ3v) is 7.01. The molecule has 4 rings (SSSR count). The van der Waals surface area contributed by atoms with E-state index in [1.807, 2.05) is 11.3 Å². The summed E-state index contributed by atoms with van der Waals surface area (Å²) in [6.07, 6.45) is 2.38. The zero-order chi connectivity index (χ0) is 15.8. The lowest BCUT2D eigenvalue weighted by Crippen LogP contribution is -2.34. The van der Waals surface area contributed by atoms with Crippen LogP contribution in [0.5, 0.6) is 0 Å². The van der Waals surface area contributed by atoms with Crippen LogP contribution in [0.3, 0.4) is 0 Å². The Kier molecular flexibility index (Phi) is 5.98. The number of hydrogen-bond acceptors (Lipinski definition) is 5. The molecule has 1 N–H and O–H groups in total. The number of rotatable bonds is 3. The fraction of sp³-hybridized carbons (Fsp3) is 0.625. The highest BCUT2D eigenvalue weighted by molar-refractivity contribution is 9.11. The van der Waals surface area contributed by atoms with Crippen molar-refractivity contribution in [3.63, 3.8) is 0 Å². The minimum absolute atomic E-state index is 0. The SMILES string of the molecule is Cc1cc(CN2CCC(c3nnc4n3CCNC4)CC2)sc1Br.Cl. The molecule has 4 heterocycles. The molecule has 0 aliphatic carbocycles. The van der Waals surface area contributed by atoms with Crippen LogP contribution in [0.15, 0.2) is 9.85 Å². The number of hydrogen-bond donors (Lipinski definition) is 1. The van der Waals surface area contributed by atoms with Crippen LogP contribution in [0.2, 0.25) is 0 Å². The van der Waals surface area contributed by atoms with Crippen molar-refractivity contribution in [3.8, 4) is 0 Å². The average Bonchev–Trinajstić information content (AvgIpc) is 3.12. The number of piperidine rings is 1. The first-order chi connectivity index (χ1) is 11.2. The Hall–Kier alpha value is -0.470. The lowest BCUT2D eigenvalue weighted by atomic mass is 9.95. The van der Waals surface area contributed by atoms with Crippen LogP contribution in [0, 0.1) is 6.92 Å². The molecule has 0 spiro atoms. The van der Waals surface area contributed by atoms with Gasteiger partial charge >= 0.3 is 0 Å². The van der Waals surface area contributed by atoms with Crippen molar-refractivity contribution in [2.24, 2.45) is 0 Å². The molecule has 2 aliphatic rings. The van der Waals surface area contributed by atoms with E-state index in [1.165, 1.54) is 32.9 Å². The number of aryl methyl sites for hydroxylation is 1. The minimum Gasteiger partial charge on any atom is -0.312 e. The number of fused-ring (bicyclic) bond motifs is 1. The predicted octanol–water partition coefficient (Wildman–Crippen LogP) is 3.32. The maximum atomic E-state index is 4.50. The monoisotopic (exact) mass is 431 g/mol. The highest BCUT2D eigenvalue weighted by Gasteiger charge is 2.27. The molecule has 5 nitrogen and oxygen atoms in total. The predicted molar refractivity (Wildman–Crippen MR) is 103 cm³/mol. The van der Waals surface area contributed by atoms with Crippen molar-refractivity contribution in [2.45, 2.75) is 45.3 Å². The highest BCUT2D eigenvalue weighted by Crippen LogP contribution is 2.31. The topological polar surface area (TPSA) is 46.0 Å². The van der Waals surface area contributed by atoms with Gasteiger partial charge < -0.3 is 9.88 Å². The van der Waals surface area contributed by atoms with Crippen molar-refractivity contribution in [2.75, 3.05) is 19.6 Å². The van der Waals surface area contributed by atoms with E-state index in [0.717, 1.165) is 45.1 Å². The normalized spacial score (nSPS) is 19.1. The molecule has 0 radical (unpaired) electrons. The van der Waals surface area contributed by atoms with Gasteiger partial charge in [-0.25, -0.2) is 0 Å². The molecule has 24 heavy (non-hydrogen) atoms. The molecule has 0 bridgehead atoms. The lowest BCUT2D eigenvalue weighted by molar-refractivity contribution is 0.201. The molecule has 1 fully saturated rings. The number of halogens is 2. The van der Waals surface area contributed by atoms with Crippen molar-refractivity contribution in [3.05, 3.63) is 31.9 Å². The highest BCUT2D eigenvalue weighted by atomic mass is 79.9. The van der Waals surface area contributed by atoms with E-state index >= 15 is 0 Å². The largest absolute Gasteiger partial charge is 0.312 e. The van der Waals surface area contributed by atoms with Gasteiger partial charge in [-0.05, 0) is 60.4 Å². The molecule has 2 aromatic heterocycles. The summed E-state index contributed by atoms with van der Waals surface area (Å²) in [5.74, 6) is 2.89. The van der Waals surface area contributed by atoms with Gasteiger partial charge in [-0.3, -0.25) is 4.90 Å². The van der Waals surface area contributed by atoms with Gasteiger partial charge in [0.05, 0.1) is 10.3 Å². The number of nitrogens with one attached hydrogen (secondary N) is 1. The van der Waals surface area contributed by atoms with E-state index in [9.17, 15) is 0 Å². The molecule has 132 valence electrons. The van der Waals surface area contributed by atoms with Crippen LogP contribution in [-0.4, -0.2) is 39.3 Å². The van der Waals surface area contributed by atoms with E-state index in [2.05, 4.69) is 53.9 Å². The van der Waals surface area contributed by atoms with E-state index in [1.54, 1.807) is 0 Å². The fourth-order valence-electron chi connectivity index (χ4n) is 3.59. The molecular formula is C16H23BrClN5S. The van der Waals surface area contributed by atoms with Gasteiger partial charge in [0.1, 0.15) is 11.6 Å². The maximum absolute atomic E-state index is 4.50. The minimum atomic E-state index is 0. The third-order valence-electron chi connectivity index (χ3n) is 4.89. The van der Waals surface area contributed by atoms with Crippen LogP contribution in [0.4, 0.5) is 0 Å². The Morgan fingerprint density at radius 2 is 2.08 bits per heavy atom. The number of likely N-dealkylation sites (tertiary alicyclic amines) is 1. The fourth-order valence-corrected chi connectivity index (χ4v) is 5.26. The number of aromatic nitrogens is 3. The third kappa shape index (κ3) is 3.70. The van der Waals surface area contributed by atoms with E-state index in [4.69, 9.17) is 0 Å². The Balaban J connectivity index is 0.00000169. The first-order valence-electron chi connectivity index (χ1n) is 8.30. The van der Waals surface area contributed by atoms with Crippen LogP contribution in [0.1, 0.15) is 40.8 Å². The molecule has 0 unspecified atom stereocenters. The molecule has 0 amide bonds. The first-order valence-corrected chi connectivity index (χ1v) is 9.91. The van der Waals surface area contributed by atoms with Gasteiger partial charge in [0.2, 0.25) is 0 Å². The van der Waals surface area contributed by atoms with E-state index in [0.29, 0.717) is 5.92 Å². The van der Waals surface area contributed by atoms with Gasteiger partial charge in [0.25, 0.3) is 0 Å². The summed E-state index contributed by atoms with van der Waals surface area (Å²) < 4.78 is 3.61. The Morgan fingerprint density at radius 3 is 2.79 bits per heavy atom. The molecule has 2 aliphatic heterocycles. The molecule has 0 saturated carbocycles. The second-order valence-corrected chi connectivity index (χ2v) is 8.98. The Morgan fingerprint density at radius 1 is 1.29 bits per heavy atom. The van der Waals surface area contributed by atoms with E-state index < -0.39 is 0 Å². The standard InChI is InChI=1S/C16H22BrN5S.ClH/c1-11-8-13(23-15(11)17)10-21-5-2-12(3-6-21)16-20-19-14-9-18-4-7-22(14)16;/h8,12,18H,2-7,9-10H2,1H3;1H. The summed E-state index contributed by atoms with van der Waals surface area (Å²) in [5.41, 5.74) is 1.35. The first kappa shape index (κ1) is 18.3. The Labute approximate surface area is 161 Å². The van der Waals surface area contributed by atoms with Gasteiger partial charge in [-0.1, -0.05) is 0 Å². The zero-order valence-electron chi connectivity index (χ0n) is 13.8. The van der Waals surface area contributed by atoms with Crippen LogP contribution < -0.4 is 5.32 Å². The molecule has 0 atom stereocenters. The molecule has 1 saturated heterocycles. The average molecular weight is 433 g/mol. The van der Waals surface area contributed by atoms with Gasteiger partial charge in [-0.15, -0.1) is 33.9 Å². The van der Waals surface area contributed by atoms with E-state index in [-0.39, 0.29) is 12.4 Å². The molecular weight excluding hydrogens is 410 g/mol. The summed E-state index contributed by atoms with van der Waals surface area (Å²) in [6.45, 7) is 8.45. The lowest BCUT2D eigenvalue weighted by Gasteiger charge is -2.31.